The van der Waals surface area contributed by atoms with Gasteiger partial charge in [0.1, 0.15) is 18.1 Å². The zero-order valence-electron chi connectivity index (χ0n) is 17.0. The van der Waals surface area contributed by atoms with Gasteiger partial charge in [0.25, 0.3) is 0 Å². The van der Waals surface area contributed by atoms with Crippen LogP contribution in [0.5, 0.6) is 11.5 Å². The number of hydrogen-bond donors (Lipinski definition) is 0. The molecule has 27 heavy (non-hydrogen) atoms. The van der Waals surface area contributed by atoms with E-state index in [0.717, 1.165) is 36.4 Å². The maximum absolute atomic E-state index is 5.96. The second kappa shape index (κ2) is 10.4. The Balaban J connectivity index is 1.44. The molecule has 2 aromatic rings. The molecule has 0 saturated heterocycles. The van der Waals surface area contributed by atoms with Crippen LogP contribution in [0, 0.1) is 5.92 Å². The van der Waals surface area contributed by atoms with E-state index in [1.54, 1.807) is 0 Å². The molecule has 0 heterocycles. The molecule has 0 aromatic heterocycles. The topological polar surface area (TPSA) is 18.5 Å². The summed E-state index contributed by atoms with van der Waals surface area (Å²) in [5, 5.41) is 0. The minimum Gasteiger partial charge on any atom is -0.494 e. The maximum atomic E-state index is 5.96. The lowest BCUT2D eigenvalue weighted by Crippen LogP contribution is -2.10. The fourth-order valence-electron chi connectivity index (χ4n) is 3.82. The van der Waals surface area contributed by atoms with Gasteiger partial charge in [-0.3, -0.25) is 0 Å². The fraction of sp³-hybridized carbons (Fsp3) is 0.520. The Morgan fingerprint density at radius 3 is 2.07 bits per heavy atom. The molecule has 0 N–H and O–H groups in total. The van der Waals surface area contributed by atoms with Gasteiger partial charge in [-0.25, -0.2) is 0 Å². The van der Waals surface area contributed by atoms with Crippen molar-refractivity contribution in [3.63, 3.8) is 0 Å². The van der Waals surface area contributed by atoms with E-state index in [1.165, 1.54) is 49.7 Å². The lowest BCUT2D eigenvalue weighted by Gasteiger charge is -2.26. The van der Waals surface area contributed by atoms with Crippen LogP contribution in [-0.4, -0.2) is 6.61 Å². The van der Waals surface area contributed by atoms with Crippen LogP contribution < -0.4 is 9.47 Å². The van der Waals surface area contributed by atoms with E-state index in [-0.39, 0.29) is 0 Å². The molecule has 0 atom stereocenters. The van der Waals surface area contributed by atoms with Crippen LogP contribution in [-0.2, 0) is 6.61 Å². The third-order valence-corrected chi connectivity index (χ3v) is 5.71. The first kappa shape index (κ1) is 19.8. The summed E-state index contributed by atoms with van der Waals surface area (Å²) in [7, 11) is 0. The molecule has 1 saturated carbocycles. The molecule has 1 fully saturated rings. The van der Waals surface area contributed by atoms with Gasteiger partial charge in [-0.15, -0.1) is 0 Å². The molecule has 2 heteroatoms. The SMILES string of the molecule is CCCCCOc1ccc(COc2ccc([C@H]3CC[C@H](C)CC3)cc2)cc1. The summed E-state index contributed by atoms with van der Waals surface area (Å²) in [4.78, 5) is 0. The Labute approximate surface area is 164 Å². The largest absolute Gasteiger partial charge is 0.494 e. The molecule has 0 amide bonds. The second-order valence-corrected chi connectivity index (χ2v) is 8.01. The molecule has 3 rings (SSSR count). The maximum Gasteiger partial charge on any atom is 0.119 e. The van der Waals surface area contributed by atoms with Crippen molar-refractivity contribution < 1.29 is 9.47 Å². The van der Waals surface area contributed by atoms with E-state index in [2.05, 4.69) is 50.2 Å². The summed E-state index contributed by atoms with van der Waals surface area (Å²) >= 11 is 0. The molecule has 0 bridgehead atoms. The van der Waals surface area contributed by atoms with Gasteiger partial charge in [-0.2, -0.15) is 0 Å². The third kappa shape index (κ3) is 6.30. The van der Waals surface area contributed by atoms with Crippen molar-refractivity contribution in [2.45, 2.75) is 71.3 Å². The summed E-state index contributed by atoms with van der Waals surface area (Å²) in [6.45, 7) is 5.98. The first-order chi connectivity index (χ1) is 13.2. The highest BCUT2D eigenvalue weighted by atomic mass is 16.5. The van der Waals surface area contributed by atoms with E-state index >= 15 is 0 Å². The van der Waals surface area contributed by atoms with Gasteiger partial charge in [-0.05, 0) is 66.5 Å². The van der Waals surface area contributed by atoms with E-state index in [4.69, 9.17) is 9.47 Å². The quantitative estimate of drug-likeness (QED) is 0.439. The van der Waals surface area contributed by atoms with Gasteiger partial charge in [0.05, 0.1) is 6.61 Å². The van der Waals surface area contributed by atoms with Crippen molar-refractivity contribution in [1.29, 1.82) is 0 Å². The fourth-order valence-corrected chi connectivity index (χ4v) is 3.82. The van der Waals surface area contributed by atoms with Gasteiger partial charge >= 0.3 is 0 Å². The molecule has 0 aliphatic heterocycles. The Hall–Kier alpha value is -1.96. The Bertz CT molecular complexity index is 652. The molecule has 0 spiro atoms. The summed E-state index contributed by atoms with van der Waals surface area (Å²) < 4.78 is 11.7. The summed E-state index contributed by atoms with van der Waals surface area (Å²) in [6.07, 6.45) is 8.95. The van der Waals surface area contributed by atoms with E-state index in [0.29, 0.717) is 6.61 Å². The van der Waals surface area contributed by atoms with Crippen LogP contribution in [0.4, 0.5) is 0 Å². The number of rotatable bonds is 9. The summed E-state index contributed by atoms with van der Waals surface area (Å²) in [6, 6.07) is 17.0. The zero-order valence-corrected chi connectivity index (χ0v) is 17.0. The Morgan fingerprint density at radius 2 is 1.41 bits per heavy atom. The first-order valence-corrected chi connectivity index (χ1v) is 10.7. The number of hydrogen-bond acceptors (Lipinski definition) is 2. The molecule has 0 unspecified atom stereocenters. The van der Waals surface area contributed by atoms with Crippen LogP contribution in [0.15, 0.2) is 48.5 Å². The second-order valence-electron chi connectivity index (χ2n) is 8.01. The van der Waals surface area contributed by atoms with Crippen LogP contribution in [0.2, 0.25) is 0 Å². The lowest BCUT2D eigenvalue weighted by molar-refractivity contribution is 0.301. The molecule has 2 aromatic carbocycles. The normalized spacial score (nSPS) is 19.6. The molecular weight excluding hydrogens is 332 g/mol. The van der Waals surface area contributed by atoms with Gasteiger partial charge in [0.15, 0.2) is 0 Å². The van der Waals surface area contributed by atoms with Crippen molar-refractivity contribution in [3.8, 4) is 11.5 Å². The lowest BCUT2D eigenvalue weighted by atomic mass is 9.79. The summed E-state index contributed by atoms with van der Waals surface area (Å²) in [5.74, 6) is 3.53. The number of unbranched alkanes of at least 4 members (excludes halogenated alkanes) is 2. The predicted molar refractivity (Wildman–Crippen MR) is 113 cm³/mol. The Morgan fingerprint density at radius 1 is 0.778 bits per heavy atom. The standard InChI is InChI=1S/C25H34O2/c1-3-4-5-18-26-24-14-8-21(9-15-24)19-27-25-16-12-23(13-17-25)22-10-6-20(2)7-11-22/h8-9,12-17,20,22H,3-7,10-11,18-19H2,1-2H3/t20-,22-. The highest BCUT2D eigenvalue weighted by Crippen LogP contribution is 2.36. The van der Waals surface area contributed by atoms with Crippen molar-refractivity contribution in [2.75, 3.05) is 6.61 Å². The molecule has 1 aliphatic carbocycles. The molecule has 146 valence electrons. The van der Waals surface area contributed by atoms with Crippen molar-refractivity contribution in [3.05, 3.63) is 59.7 Å². The average molecular weight is 367 g/mol. The Kier molecular flexibility index (Phi) is 7.62. The minimum atomic E-state index is 0.594. The van der Waals surface area contributed by atoms with Crippen molar-refractivity contribution in [1.82, 2.24) is 0 Å². The van der Waals surface area contributed by atoms with Crippen LogP contribution in [0.1, 0.15) is 75.8 Å². The highest BCUT2D eigenvalue weighted by molar-refractivity contribution is 5.31. The zero-order chi connectivity index (χ0) is 18.9. The van der Waals surface area contributed by atoms with Gasteiger partial charge in [-0.1, -0.05) is 63.8 Å². The summed E-state index contributed by atoms with van der Waals surface area (Å²) in [5.41, 5.74) is 2.64. The smallest absolute Gasteiger partial charge is 0.119 e. The van der Waals surface area contributed by atoms with Crippen molar-refractivity contribution >= 4 is 0 Å². The van der Waals surface area contributed by atoms with Gasteiger partial charge < -0.3 is 9.47 Å². The third-order valence-electron chi connectivity index (χ3n) is 5.71. The van der Waals surface area contributed by atoms with Gasteiger partial charge in [0, 0.05) is 0 Å². The molecule has 2 nitrogen and oxygen atoms in total. The number of ether oxygens (including phenoxy) is 2. The monoisotopic (exact) mass is 366 g/mol. The van der Waals surface area contributed by atoms with E-state index < -0.39 is 0 Å². The highest BCUT2D eigenvalue weighted by Gasteiger charge is 2.19. The first-order valence-electron chi connectivity index (χ1n) is 10.7. The van der Waals surface area contributed by atoms with E-state index in [1.807, 2.05) is 12.1 Å². The minimum absolute atomic E-state index is 0.594. The van der Waals surface area contributed by atoms with Crippen molar-refractivity contribution in [2.24, 2.45) is 5.92 Å². The molecule has 0 radical (unpaired) electrons. The van der Waals surface area contributed by atoms with Gasteiger partial charge in [0.2, 0.25) is 0 Å². The van der Waals surface area contributed by atoms with Crippen LogP contribution in [0.3, 0.4) is 0 Å². The molecular formula is C25H34O2. The van der Waals surface area contributed by atoms with E-state index in [9.17, 15) is 0 Å². The average Bonchev–Trinajstić information content (AvgIpc) is 2.72. The predicted octanol–water partition coefficient (Wildman–Crippen LogP) is 7.13. The molecule has 1 aliphatic rings. The van der Waals surface area contributed by atoms with Crippen LogP contribution >= 0.6 is 0 Å². The number of benzene rings is 2. The van der Waals surface area contributed by atoms with Crippen LogP contribution in [0.25, 0.3) is 0 Å².